The summed E-state index contributed by atoms with van der Waals surface area (Å²) in [5.41, 5.74) is 3.18. The Bertz CT molecular complexity index is 924. The molecule has 0 unspecified atom stereocenters. The highest BCUT2D eigenvalue weighted by atomic mass is 16.3. The fraction of sp³-hybridized carbons (Fsp3) is 0. The molecule has 0 amide bonds. The Kier molecular flexibility index (Phi) is 3.69. The van der Waals surface area contributed by atoms with Crippen molar-refractivity contribution in [1.29, 1.82) is 0 Å². The van der Waals surface area contributed by atoms with Crippen LogP contribution in [-0.4, -0.2) is 19.9 Å². The molecule has 0 aliphatic heterocycles. The molecule has 6 heteroatoms. The number of pyridine rings is 2. The van der Waals surface area contributed by atoms with E-state index < -0.39 is 0 Å². The Morgan fingerprint density at radius 2 is 1.75 bits per heavy atom. The molecule has 4 aromatic heterocycles. The monoisotopic (exact) mass is 315 g/mol. The first kappa shape index (κ1) is 14.1. The molecule has 4 aromatic rings. The molecule has 0 spiro atoms. The largest absolute Gasteiger partial charge is 0.463 e. The number of hydrogen-bond donors (Lipinski definition) is 1. The lowest BCUT2D eigenvalue weighted by Crippen LogP contribution is -1.99. The first-order chi connectivity index (χ1) is 11.9. The molecular formula is C18H13N5O. The molecule has 0 radical (unpaired) electrons. The van der Waals surface area contributed by atoms with Gasteiger partial charge in [-0.3, -0.25) is 9.97 Å². The van der Waals surface area contributed by atoms with Gasteiger partial charge in [0.2, 0.25) is 0 Å². The summed E-state index contributed by atoms with van der Waals surface area (Å²) in [4.78, 5) is 17.4. The van der Waals surface area contributed by atoms with Crippen molar-refractivity contribution in [3.8, 4) is 22.7 Å². The SMILES string of the molecule is c1cncc(Nc2cnc(-c3ccncc3)c(-c3ccco3)n2)c1. The maximum Gasteiger partial charge on any atom is 0.154 e. The number of furan rings is 1. The van der Waals surface area contributed by atoms with Gasteiger partial charge in [0.05, 0.1) is 30.0 Å². The number of rotatable bonds is 4. The predicted octanol–water partition coefficient (Wildman–Crippen LogP) is 3.94. The molecule has 0 aliphatic carbocycles. The van der Waals surface area contributed by atoms with Gasteiger partial charge in [0.1, 0.15) is 11.5 Å². The molecule has 0 bridgehead atoms. The highest BCUT2D eigenvalue weighted by molar-refractivity contribution is 5.76. The van der Waals surface area contributed by atoms with Crippen LogP contribution in [0.3, 0.4) is 0 Å². The van der Waals surface area contributed by atoms with Crippen LogP contribution in [0, 0.1) is 0 Å². The predicted molar refractivity (Wildman–Crippen MR) is 90.5 cm³/mol. The molecule has 0 saturated carbocycles. The lowest BCUT2D eigenvalue weighted by molar-refractivity contribution is 0.580. The zero-order valence-corrected chi connectivity index (χ0v) is 12.6. The van der Waals surface area contributed by atoms with E-state index in [0.29, 0.717) is 17.3 Å². The summed E-state index contributed by atoms with van der Waals surface area (Å²) in [7, 11) is 0. The van der Waals surface area contributed by atoms with Crippen molar-refractivity contribution in [2.45, 2.75) is 0 Å². The average molecular weight is 315 g/mol. The van der Waals surface area contributed by atoms with Crippen molar-refractivity contribution in [2.24, 2.45) is 0 Å². The van der Waals surface area contributed by atoms with E-state index in [1.807, 2.05) is 36.4 Å². The molecule has 116 valence electrons. The van der Waals surface area contributed by atoms with Gasteiger partial charge in [-0.05, 0) is 36.4 Å². The van der Waals surface area contributed by atoms with Gasteiger partial charge in [-0.15, -0.1) is 0 Å². The van der Waals surface area contributed by atoms with E-state index in [2.05, 4.69) is 25.3 Å². The Morgan fingerprint density at radius 3 is 2.50 bits per heavy atom. The minimum absolute atomic E-state index is 0.618. The second-order valence-corrected chi connectivity index (χ2v) is 5.03. The Hall–Kier alpha value is -3.54. The summed E-state index contributed by atoms with van der Waals surface area (Å²) in [6, 6.07) is 11.2. The van der Waals surface area contributed by atoms with E-state index in [0.717, 1.165) is 16.9 Å². The molecule has 0 aliphatic rings. The number of nitrogens with one attached hydrogen (secondary N) is 1. The Morgan fingerprint density at radius 1 is 0.833 bits per heavy atom. The van der Waals surface area contributed by atoms with Crippen LogP contribution in [0.2, 0.25) is 0 Å². The molecule has 6 nitrogen and oxygen atoms in total. The number of nitrogens with zero attached hydrogens (tertiary/aromatic N) is 4. The minimum atomic E-state index is 0.618. The minimum Gasteiger partial charge on any atom is -0.463 e. The highest BCUT2D eigenvalue weighted by Crippen LogP contribution is 2.30. The summed E-state index contributed by atoms with van der Waals surface area (Å²) in [6.45, 7) is 0. The zero-order valence-electron chi connectivity index (χ0n) is 12.6. The van der Waals surface area contributed by atoms with Crippen LogP contribution < -0.4 is 5.32 Å². The second-order valence-electron chi connectivity index (χ2n) is 5.03. The molecular weight excluding hydrogens is 302 g/mol. The molecule has 0 atom stereocenters. The Labute approximate surface area is 138 Å². The van der Waals surface area contributed by atoms with Gasteiger partial charge in [-0.2, -0.15) is 0 Å². The van der Waals surface area contributed by atoms with Gasteiger partial charge in [-0.25, -0.2) is 9.97 Å². The highest BCUT2D eigenvalue weighted by Gasteiger charge is 2.14. The van der Waals surface area contributed by atoms with Crippen LogP contribution in [0.4, 0.5) is 11.5 Å². The third-order valence-corrected chi connectivity index (χ3v) is 3.41. The van der Waals surface area contributed by atoms with E-state index in [-0.39, 0.29) is 0 Å². The van der Waals surface area contributed by atoms with Gasteiger partial charge in [0, 0.05) is 24.2 Å². The lowest BCUT2D eigenvalue weighted by Gasteiger charge is -2.10. The molecule has 4 heterocycles. The van der Waals surface area contributed by atoms with Gasteiger partial charge in [0.15, 0.2) is 5.76 Å². The standard InChI is InChI=1S/C18H13N5O/c1-3-14(11-20-7-1)22-16-12-21-17(13-5-8-19-9-6-13)18(23-16)15-4-2-10-24-15/h1-12H,(H,22,23). The molecule has 4 rings (SSSR count). The van der Waals surface area contributed by atoms with Crippen LogP contribution in [0.1, 0.15) is 0 Å². The summed E-state index contributed by atoms with van der Waals surface area (Å²) < 4.78 is 5.53. The zero-order chi connectivity index (χ0) is 16.2. The summed E-state index contributed by atoms with van der Waals surface area (Å²) in [6.07, 6.45) is 10.2. The smallest absolute Gasteiger partial charge is 0.154 e. The average Bonchev–Trinajstić information content (AvgIpc) is 3.18. The normalized spacial score (nSPS) is 10.5. The first-order valence-corrected chi connectivity index (χ1v) is 7.38. The van der Waals surface area contributed by atoms with Gasteiger partial charge >= 0.3 is 0 Å². The van der Waals surface area contributed by atoms with Crippen LogP contribution in [0.25, 0.3) is 22.7 Å². The molecule has 0 fully saturated rings. The molecule has 1 N–H and O–H groups in total. The van der Waals surface area contributed by atoms with E-state index in [1.54, 1.807) is 37.2 Å². The van der Waals surface area contributed by atoms with Gasteiger partial charge < -0.3 is 9.73 Å². The van der Waals surface area contributed by atoms with Crippen molar-refractivity contribution in [1.82, 2.24) is 19.9 Å². The van der Waals surface area contributed by atoms with Crippen LogP contribution in [-0.2, 0) is 0 Å². The first-order valence-electron chi connectivity index (χ1n) is 7.38. The van der Waals surface area contributed by atoms with Crippen molar-refractivity contribution in [2.75, 3.05) is 5.32 Å². The summed E-state index contributed by atoms with van der Waals surface area (Å²) in [5.74, 6) is 1.27. The van der Waals surface area contributed by atoms with Crippen LogP contribution >= 0.6 is 0 Å². The summed E-state index contributed by atoms with van der Waals surface area (Å²) in [5, 5.41) is 3.19. The van der Waals surface area contributed by atoms with E-state index in [9.17, 15) is 0 Å². The fourth-order valence-corrected chi connectivity index (χ4v) is 2.34. The van der Waals surface area contributed by atoms with Crippen molar-refractivity contribution in [3.05, 3.63) is 73.6 Å². The Balaban J connectivity index is 1.78. The maximum absolute atomic E-state index is 5.53. The van der Waals surface area contributed by atoms with Crippen molar-refractivity contribution in [3.63, 3.8) is 0 Å². The van der Waals surface area contributed by atoms with Crippen molar-refractivity contribution < 1.29 is 4.42 Å². The van der Waals surface area contributed by atoms with Crippen molar-refractivity contribution >= 4 is 11.5 Å². The fourth-order valence-electron chi connectivity index (χ4n) is 2.34. The van der Waals surface area contributed by atoms with E-state index in [4.69, 9.17) is 4.42 Å². The lowest BCUT2D eigenvalue weighted by atomic mass is 10.1. The second kappa shape index (κ2) is 6.29. The third-order valence-electron chi connectivity index (χ3n) is 3.41. The van der Waals surface area contributed by atoms with Crippen LogP contribution in [0.5, 0.6) is 0 Å². The third kappa shape index (κ3) is 2.85. The topological polar surface area (TPSA) is 76.7 Å². The molecule has 0 aromatic carbocycles. The van der Waals surface area contributed by atoms with Crippen LogP contribution in [0.15, 0.2) is 78.1 Å². The number of anilines is 2. The molecule has 24 heavy (non-hydrogen) atoms. The van der Waals surface area contributed by atoms with E-state index >= 15 is 0 Å². The quantitative estimate of drug-likeness (QED) is 0.614. The maximum atomic E-state index is 5.53. The van der Waals surface area contributed by atoms with E-state index in [1.165, 1.54) is 0 Å². The number of aromatic nitrogens is 4. The van der Waals surface area contributed by atoms with Gasteiger partial charge in [-0.1, -0.05) is 0 Å². The molecule has 0 saturated heterocycles. The summed E-state index contributed by atoms with van der Waals surface area (Å²) >= 11 is 0. The van der Waals surface area contributed by atoms with Gasteiger partial charge in [0.25, 0.3) is 0 Å². The number of hydrogen-bond acceptors (Lipinski definition) is 6.